The number of Topliss-reactive ketones (excluding diaryl/α,β-unsaturated/α-hetero) is 1. The molecule has 2 rings (SSSR count). The van der Waals surface area contributed by atoms with Gasteiger partial charge in [0.05, 0.1) is 12.3 Å². The largest absolute Gasteiger partial charge is 0.317 e. The molecule has 1 heterocycles. The molecule has 4 nitrogen and oxygen atoms in total. The Morgan fingerprint density at radius 3 is 3.07 bits per heavy atom. The summed E-state index contributed by atoms with van der Waals surface area (Å²) in [5.41, 5.74) is 1.55. The van der Waals surface area contributed by atoms with E-state index in [1.807, 2.05) is 6.92 Å². The number of fused-ring (bicyclic) bond motifs is 1. The molecule has 0 spiro atoms. The van der Waals surface area contributed by atoms with E-state index < -0.39 is 0 Å². The van der Waals surface area contributed by atoms with E-state index in [1.165, 1.54) is 0 Å². The van der Waals surface area contributed by atoms with Crippen LogP contribution in [-0.2, 0) is 11.3 Å². The molecule has 4 heteroatoms. The summed E-state index contributed by atoms with van der Waals surface area (Å²) in [7, 11) is 0. The first kappa shape index (κ1) is 10.1. The lowest BCUT2D eigenvalue weighted by molar-refractivity contribution is -0.205. The zero-order valence-electron chi connectivity index (χ0n) is 8.66. The Kier molecular flexibility index (Phi) is 2.97. The van der Waals surface area contributed by atoms with Crippen molar-refractivity contribution in [3.8, 4) is 5.88 Å². The molecule has 1 aromatic rings. The number of hydrogen-bond acceptors (Lipinski definition) is 4. The predicted octanol–water partition coefficient (Wildman–Crippen LogP) is 1.93. The van der Waals surface area contributed by atoms with E-state index in [-0.39, 0.29) is 5.78 Å². The van der Waals surface area contributed by atoms with Crippen molar-refractivity contribution >= 4 is 5.78 Å². The molecule has 0 aliphatic heterocycles. The quantitative estimate of drug-likeness (QED) is 0.561. The van der Waals surface area contributed by atoms with E-state index in [1.54, 1.807) is 12.1 Å². The van der Waals surface area contributed by atoms with Crippen LogP contribution < -0.4 is 4.89 Å². The Hall–Kier alpha value is -1.42. The standard InChI is InChI=1S/C11H13NO3/c1-2-14-15-11-7-6-8-9(12-11)4-3-5-10(8)13/h6-7H,2-5H2,1H3. The van der Waals surface area contributed by atoms with Gasteiger partial charge in [0.2, 0.25) is 0 Å². The second-order valence-corrected chi connectivity index (χ2v) is 3.41. The Balaban J connectivity index is 2.21. The number of aromatic nitrogens is 1. The zero-order valence-corrected chi connectivity index (χ0v) is 8.66. The van der Waals surface area contributed by atoms with E-state index >= 15 is 0 Å². The van der Waals surface area contributed by atoms with Crippen molar-refractivity contribution in [2.24, 2.45) is 0 Å². The number of carbonyl (C=O) groups is 1. The summed E-state index contributed by atoms with van der Waals surface area (Å²) in [6.45, 7) is 2.31. The monoisotopic (exact) mass is 207 g/mol. The van der Waals surface area contributed by atoms with Crippen molar-refractivity contribution in [2.75, 3.05) is 6.61 Å². The van der Waals surface area contributed by atoms with Gasteiger partial charge in [-0.2, -0.15) is 4.89 Å². The number of nitrogens with zero attached hydrogens (tertiary/aromatic N) is 1. The van der Waals surface area contributed by atoms with Crippen LogP contribution >= 0.6 is 0 Å². The maximum absolute atomic E-state index is 11.5. The van der Waals surface area contributed by atoms with E-state index in [0.717, 1.165) is 24.1 Å². The maximum atomic E-state index is 11.5. The third kappa shape index (κ3) is 2.15. The van der Waals surface area contributed by atoms with E-state index in [2.05, 4.69) is 4.98 Å². The molecule has 0 fully saturated rings. The average molecular weight is 207 g/mol. The van der Waals surface area contributed by atoms with Gasteiger partial charge in [0.1, 0.15) is 0 Å². The van der Waals surface area contributed by atoms with Crippen molar-refractivity contribution < 1.29 is 14.6 Å². The number of carbonyl (C=O) groups excluding carboxylic acids is 1. The highest BCUT2D eigenvalue weighted by atomic mass is 17.2. The average Bonchev–Trinajstić information content (AvgIpc) is 2.26. The fourth-order valence-corrected chi connectivity index (χ4v) is 1.64. The Bertz CT molecular complexity index is 376. The molecule has 0 bridgehead atoms. The Morgan fingerprint density at radius 2 is 2.27 bits per heavy atom. The van der Waals surface area contributed by atoms with E-state index in [4.69, 9.17) is 9.78 Å². The minimum absolute atomic E-state index is 0.173. The van der Waals surface area contributed by atoms with Gasteiger partial charge in [-0.05, 0) is 25.8 Å². The first-order valence-electron chi connectivity index (χ1n) is 5.14. The fourth-order valence-electron chi connectivity index (χ4n) is 1.64. The Morgan fingerprint density at radius 1 is 1.40 bits per heavy atom. The van der Waals surface area contributed by atoms with Gasteiger partial charge in [-0.25, -0.2) is 4.98 Å². The topological polar surface area (TPSA) is 48.4 Å². The lowest BCUT2D eigenvalue weighted by Crippen LogP contribution is -2.13. The van der Waals surface area contributed by atoms with Crippen molar-refractivity contribution in [1.82, 2.24) is 4.98 Å². The molecular weight excluding hydrogens is 194 g/mol. The summed E-state index contributed by atoms with van der Waals surface area (Å²) in [5.74, 6) is 0.594. The lowest BCUT2D eigenvalue weighted by Gasteiger charge is -2.13. The van der Waals surface area contributed by atoms with E-state index in [0.29, 0.717) is 18.9 Å². The summed E-state index contributed by atoms with van der Waals surface area (Å²) in [4.78, 5) is 25.5. The molecule has 1 aliphatic rings. The Labute approximate surface area is 88.2 Å². The highest BCUT2D eigenvalue weighted by Gasteiger charge is 2.18. The summed E-state index contributed by atoms with van der Waals surface area (Å²) < 4.78 is 0. The van der Waals surface area contributed by atoms with Crippen LogP contribution in [0.1, 0.15) is 35.8 Å². The number of hydrogen-bond donors (Lipinski definition) is 0. The number of aryl methyl sites for hydroxylation is 1. The molecule has 0 saturated heterocycles. The van der Waals surface area contributed by atoms with Gasteiger partial charge in [-0.1, -0.05) is 0 Å². The third-order valence-electron chi connectivity index (χ3n) is 2.33. The SMILES string of the molecule is CCOOc1ccc2c(n1)CCCC2=O. The summed E-state index contributed by atoms with van der Waals surface area (Å²) in [5, 5.41) is 0. The van der Waals surface area contributed by atoms with Gasteiger partial charge in [0.25, 0.3) is 5.88 Å². The molecule has 1 aliphatic carbocycles. The predicted molar refractivity (Wildman–Crippen MR) is 53.8 cm³/mol. The highest BCUT2D eigenvalue weighted by molar-refractivity contribution is 5.98. The minimum Gasteiger partial charge on any atom is -0.317 e. The molecule has 0 radical (unpaired) electrons. The highest BCUT2D eigenvalue weighted by Crippen LogP contribution is 2.22. The van der Waals surface area contributed by atoms with Crippen LogP contribution in [0.5, 0.6) is 5.88 Å². The van der Waals surface area contributed by atoms with Crippen LogP contribution in [0.4, 0.5) is 0 Å². The van der Waals surface area contributed by atoms with Crippen molar-refractivity contribution in [3.63, 3.8) is 0 Å². The summed E-state index contributed by atoms with van der Waals surface area (Å²) in [6.07, 6.45) is 2.33. The van der Waals surface area contributed by atoms with Crippen LogP contribution in [0.3, 0.4) is 0 Å². The molecule has 15 heavy (non-hydrogen) atoms. The van der Waals surface area contributed by atoms with Crippen molar-refractivity contribution in [1.29, 1.82) is 0 Å². The van der Waals surface area contributed by atoms with Crippen LogP contribution in [0.2, 0.25) is 0 Å². The second kappa shape index (κ2) is 4.40. The molecule has 0 unspecified atom stereocenters. The van der Waals surface area contributed by atoms with Gasteiger partial charge in [-0.15, -0.1) is 0 Å². The van der Waals surface area contributed by atoms with Gasteiger partial charge in [-0.3, -0.25) is 4.79 Å². The van der Waals surface area contributed by atoms with Crippen LogP contribution in [0.15, 0.2) is 12.1 Å². The second-order valence-electron chi connectivity index (χ2n) is 3.41. The molecule has 1 aromatic heterocycles. The molecule has 0 aromatic carbocycles. The lowest BCUT2D eigenvalue weighted by atomic mass is 9.95. The normalized spacial score (nSPS) is 14.9. The van der Waals surface area contributed by atoms with Crippen molar-refractivity contribution in [2.45, 2.75) is 26.2 Å². The number of pyridine rings is 1. The summed E-state index contributed by atoms with van der Waals surface area (Å²) >= 11 is 0. The van der Waals surface area contributed by atoms with Gasteiger partial charge < -0.3 is 4.89 Å². The van der Waals surface area contributed by atoms with Crippen LogP contribution in [-0.4, -0.2) is 17.4 Å². The molecule has 80 valence electrons. The molecule has 0 amide bonds. The fraction of sp³-hybridized carbons (Fsp3) is 0.455. The van der Waals surface area contributed by atoms with E-state index in [9.17, 15) is 4.79 Å². The smallest absolute Gasteiger partial charge is 0.256 e. The molecule has 0 atom stereocenters. The minimum atomic E-state index is 0.173. The summed E-state index contributed by atoms with van der Waals surface area (Å²) in [6, 6.07) is 3.43. The maximum Gasteiger partial charge on any atom is 0.256 e. The number of rotatable bonds is 3. The van der Waals surface area contributed by atoms with Gasteiger partial charge in [0.15, 0.2) is 5.78 Å². The van der Waals surface area contributed by atoms with Gasteiger partial charge in [0, 0.05) is 18.1 Å². The molecule has 0 saturated carbocycles. The number of ketones is 1. The van der Waals surface area contributed by atoms with Crippen LogP contribution in [0.25, 0.3) is 0 Å². The van der Waals surface area contributed by atoms with Crippen molar-refractivity contribution in [3.05, 3.63) is 23.4 Å². The third-order valence-corrected chi connectivity index (χ3v) is 2.33. The molecular formula is C11H13NO3. The molecule has 0 N–H and O–H groups in total. The first-order valence-corrected chi connectivity index (χ1v) is 5.14. The van der Waals surface area contributed by atoms with Crippen LogP contribution in [0, 0.1) is 0 Å². The van der Waals surface area contributed by atoms with Gasteiger partial charge >= 0.3 is 0 Å². The first-order chi connectivity index (χ1) is 7.31. The zero-order chi connectivity index (χ0) is 10.7.